The number of hydrogen-bond donors (Lipinski definition) is 0. The molecule has 2 saturated heterocycles. The molecule has 2 aromatic heterocycles. The minimum atomic E-state index is 0.794. The second kappa shape index (κ2) is 13.5. The number of ether oxygens (including phenoxy) is 4. The Morgan fingerprint density at radius 1 is 0.656 bits per heavy atom. The van der Waals surface area contributed by atoms with Crippen LogP contribution in [0.1, 0.15) is 35.4 Å². The molecule has 2 aliphatic heterocycles. The van der Waals surface area contributed by atoms with E-state index in [0.29, 0.717) is 0 Å². The summed E-state index contributed by atoms with van der Waals surface area (Å²) in [5, 5.41) is 4.28. The van der Waals surface area contributed by atoms with Crippen LogP contribution in [0.3, 0.4) is 0 Å². The van der Waals surface area contributed by atoms with Gasteiger partial charge in [-0.05, 0) is 48.6 Å². The van der Waals surface area contributed by atoms with Gasteiger partial charge in [0.15, 0.2) is 0 Å². The molecule has 2 fully saturated rings. The van der Waals surface area contributed by atoms with E-state index in [0.717, 1.165) is 103 Å². The lowest BCUT2D eigenvalue weighted by Gasteiger charge is -2.26. The molecule has 0 aliphatic carbocycles. The monoisotopic (exact) mass is 480 g/mol. The standard InChI is InChI=1S/C24H36N2O4S2/c1(3-11-29-21-5-17-31-23(21)19-25-7-13-27-14-8-25)2-4-12-30-22-6-18-32-24(22)20-26-9-15-28-16-10-26/h5-6,17-18H,1-4,7-16,19-20H2. The summed E-state index contributed by atoms with van der Waals surface area (Å²) in [6.07, 6.45) is 4.54. The second-order valence-electron chi connectivity index (χ2n) is 8.30. The van der Waals surface area contributed by atoms with Crippen LogP contribution in [0.25, 0.3) is 0 Å². The highest BCUT2D eigenvalue weighted by atomic mass is 32.1. The summed E-state index contributed by atoms with van der Waals surface area (Å²) in [6, 6.07) is 4.23. The molecule has 8 heteroatoms. The summed E-state index contributed by atoms with van der Waals surface area (Å²) < 4.78 is 23.0. The SMILES string of the molecule is c1cc(OCCCCCCOc2ccsc2CN2CCOCC2)c(CN2CCOCC2)s1. The van der Waals surface area contributed by atoms with Crippen molar-refractivity contribution >= 4 is 22.7 Å². The maximum Gasteiger partial charge on any atom is 0.134 e. The van der Waals surface area contributed by atoms with Crippen LogP contribution >= 0.6 is 22.7 Å². The Labute approximate surface area is 200 Å². The van der Waals surface area contributed by atoms with Crippen LogP contribution in [0, 0.1) is 0 Å². The first-order valence-electron chi connectivity index (χ1n) is 11.9. The smallest absolute Gasteiger partial charge is 0.134 e. The van der Waals surface area contributed by atoms with Gasteiger partial charge in [0.2, 0.25) is 0 Å². The van der Waals surface area contributed by atoms with Gasteiger partial charge >= 0.3 is 0 Å². The van der Waals surface area contributed by atoms with E-state index in [1.54, 1.807) is 22.7 Å². The van der Waals surface area contributed by atoms with Crippen molar-refractivity contribution in [3.05, 3.63) is 32.6 Å². The molecule has 6 nitrogen and oxygen atoms in total. The maximum absolute atomic E-state index is 6.08. The first kappa shape index (κ1) is 24.0. The first-order chi connectivity index (χ1) is 15.9. The minimum absolute atomic E-state index is 0.794. The van der Waals surface area contributed by atoms with Crippen LogP contribution in [0.5, 0.6) is 11.5 Å². The van der Waals surface area contributed by atoms with Crippen molar-refractivity contribution in [3.8, 4) is 11.5 Å². The Morgan fingerprint density at radius 3 is 1.53 bits per heavy atom. The molecule has 0 aromatic carbocycles. The third kappa shape index (κ3) is 7.71. The van der Waals surface area contributed by atoms with Crippen LogP contribution in [0.4, 0.5) is 0 Å². The van der Waals surface area contributed by atoms with E-state index in [4.69, 9.17) is 18.9 Å². The number of rotatable bonds is 13. The van der Waals surface area contributed by atoms with Crippen molar-refractivity contribution in [2.45, 2.75) is 38.8 Å². The molecular weight excluding hydrogens is 444 g/mol. The van der Waals surface area contributed by atoms with E-state index >= 15 is 0 Å². The molecule has 0 unspecified atom stereocenters. The number of morpholine rings is 2. The topological polar surface area (TPSA) is 43.4 Å². The number of nitrogens with zero attached hydrogens (tertiary/aromatic N) is 2. The van der Waals surface area contributed by atoms with Crippen LogP contribution < -0.4 is 9.47 Å². The van der Waals surface area contributed by atoms with E-state index in [2.05, 4.69) is 32.7 Å². The molecule has 4 rings (SSSR count). The lowest BCUT2D eigenvalue weighted by molar-refractivity contribution is 0.0342. The Hall–Kier alpha value is -1.16. The predicted octanol–water partition coefficient (Wildman–Crippen LogP) is 4.49. The third-order valence-corrected chi connectivity index (χ3v) is 7.68. The Kier molecular flexibility index (Phi) is 10.1. The summed E-state index contributed by atoms with van der Waals surface area (Å²) in [6.45, 7) is 11.0. The molecule has 178 valence electrons. The highest BCUT2D eigenvalue weighted by Gasteiger charge is 2.15. The molecule has 2 aliphatic rings. The van der Waals surface area contributed by atoms with Crippen LogP contribution in [0.15, 0.2) is 22.9 Å². The fourth-order valence-corrected chi connectivity index (χ4v) is 5.70. The summed E-state index contributed by atoms with van der Waals surface area (Å²) in [5.74, 6) is 2.13. The zero-order valence-corrected chi connectivity index (χ0v) is 20.6. The largest absolute Gasteiger partial charge is 0.492 e. The van der Waals surface area contributed by atoms with E-state index in [9.17, 15) is 0 Å². The molecule has 2 aromatic rings. The maximum atomic E-state index is 6.08. The van der Waals surface area contributed by atoms with E-state index < -0.39 is 0 Å². The lowest BCUT2D eigenvalue weighted by atomic mass is 10.2. The van der Waals surface area contributed by atoms with Crippen LogP contribution in [0.2, 0.25) is 0 Å². The molecule has 0 N–H and O–H groups in total. The van der Waals surface area contributed by atoms with Gasteiger partial charge in [0.25, 0.3) is 0 Å². The van der Waals surface area contributed by atoms with Gasteiger partial charge in [-0.25, -0.2) is 0 Å². The molecule has 4 heterocycles. The van der Waals surface area contributed by atoms with Gasteiger partial charge in [-0.3, -0.25) is 9.80 Å². The van der Waals surface area contributed by atoms with Crippen molar-refractivity contribution in [3.63, 3.8) is 0 Å². The second-order valence-corrected chi connectivity index (χ2v) is 10.3. The van der Waals surface area contributed by atoms with Gasteiger partial charge < -0.3 is 18.9 Å². The van der Waals surface area contributed by atoms with Crippen molar-refractivity contribution in [1.29, 1.82) is 0 Å². The summed E-state index contributed by atoms with van der Waals surface area (Å²) in [7, 11) is 0. The third-order valence-electron chi connectivity index (χ3n) is 5.90. The molecule has 0 spiro atoms. The summed E-state index contributed by atoms with van der Waals surface area (Å²) >= 11 is 3.59. The molecule has 32 heavy (non-hydrogen) atoms. The highest BCUT2D eigenvalue weighted by Crippen LogP contribution is 2.28. The average molecular weight is 481 g/mol. The average Bonchev–Trinajstić information content (AvgIpc) is 3.46. The van der Waals surface area contributed by atoms with Gasteiger partial charge in [-0.15, -0.1) is 22.7 Å². The van der Waals surface area contributed by atoms with Crippen molar-refractivity contribution in [2.24, 2.45) is 0 Å². The van der Waals surface area contributed by atoms with E-state index in [1.165, 1.54) is 22.6 Å². The predicted molar refractivity (Wildman–Crippen MR) is 130 cm³/mol. The quantitative estimate of drug-likeness (QED) is 0.394. The lowest BCUT2D eigenvalue weighted by Crippen LogP contribution is -2.35. The van der Waals surface area contributed by atoms with Gasteiger partial charge in [0.1, 0.15) is 11.5 Å². The molecule has 0 atom stereocenters. The highest BCUT2D eigenvalue weighted by molar-refractivity contribution is 7.10. The molecule has 0 bridgehead atoms. The fraction of sp³-hybridized carbons (Fsp3) is 0.667. The summed E-state index contributed by atoms with van der Waals surface area (Å²) in [5.41, 5.74) is 0. The summed E-state index contributed by atoms with van der Waals surface area (Å²) in [4.78, 5) is 7.57. The van der Waals surface area contributed by atoms with Crippen molar-refractivity contribution in [1.82, 2.24) is 9.80 Å². The molecule has 0 amide bonds. The normalized spacial score (nSPS) is 18.1. The first-order valence-corrected chi connectivity index (χ1v) is 13.6. The van der Waals surface area contributed by atoms with Gasteiger partial charge in [0.05, 0.1) is 49.4 Å². The van der Waals surface area contributed by atoms with Crippen molar-refractivity contribution in [2.75, 3.05) is 65.8 Å². The number of hydrogen-bond acceptors (Lipinski definition) is 8. The molecule has 0 saturated carbocycles. The number of thiophene rings is 2. The minimum Gasteiger partial charge on any atom is -0.492 e. The Bertz CT molecular complexity index is 705. The van der Waals surface area contributed by atoms with Gasteiger partial charge in [0, 0.05) is 39.3 Å². The number of unbranched alkanes of at least 4 members (excludes halogenated alkanes) is 3. The molecule has 0 radical (unpaired) electrons. The fourth-order valence-electron chi connectivity index (χ4n) is 3.99. The zero-order chi connectivity index (χ0) is 21.8. The van der Waals surface area contributed by atoms with Gasteiger partial charge in [-0.1, -0.05) is 0 Å². The Balaban J connectivity index is 1.06. The van der Waals surface area contributed by atoms with E-state index in [-0.39, 0.29) is 0 Å². The molecular formula is C24H36N2O4S2. The van der Waals surface area contributed by atoms with E-state index in [1.807, 2.05) is 0 Å². The zero-order valence-electron chi connectivity index (χ0n) is 19.0. The van der Waals surface area contributed by atoms with Crippen LogP contribution in [-0.2, 0) is 22.6 Å². The van der Waals surface area contributed by atoms with Crippen molar-refractivity contribution < 1.29 is 18.9 Å². The van der Waals surface area contributed by atoms with Crippen LogP contribution in [-0.4, -0.2) is 75.6 Å². The van der Waals surface area contributed by atoms with Gasteiger partial charge in [-0.2, -0.15) is 0 Å². The Morgan fingerprint density at radius 2 is 1.09 bits per heavy atom.